The zero-order valence-corrected chi connectivity index (χ0v) is 30.9. The smallest absolute Gasteiger partial charge is 0.124 e. The van der Waals surface area contributed by atoms with Crippen LogP contribution in [-0.2, 0) is 0 Å². The number of thiazole rings is 2. The van der Waals surface area contributed by atoms with E-state index in [1.54, 1.807) is 22.7 Å². The van der Waals surface area contributed by atoms with Gasteiger partial charge >= 0.3 is 0 Å². The standard InChI is InChI=1S/C48H29N5S2/c1-3-11-43-40(9-1)51-47(54-43)30-15-20-36(21-16-30)53(37-22-17-31(18-23-37)48-52-41-10-2-4-12-44(41)55-48)38-24-19-32-27-34(14-13-33(32)28-38)45-39-8-6-25-49-42(39)29-35-7-5-26-50-46(35)45/h1-29H/i28D. The van der Waals surface area contributed by atoms with Crippen LogP contribution in [0.2, 0.25) is 0 Å². The Bertz CT molecular complexity index is 3040. The summed E-state index contributed by atoms with van der Waals surface area (Å²) in [5.41, 5.74) is 10.8. The largest absolute Gasteiger partial charge is 0.310 e. The van der Waals surface area contributed by atoms with Crippen LogP contribution < -0.4 is 4.90 Å². The number of fused-ring (bicyclic) bond motifs is 5. The summed E-state index contributed by atoms with van der Waals surface area (Å²) in [6.45, 7) is 0. The Hall–Kier alpha value is -6.80. The van der Waals surface area contributed by atoms with Crippen LogP contribution in [0.3, 0.4) is 0 Å². The molecule has 0 amide bonds. The van der Waals surface area contributed by atoms with Gasteiger partial charge in [-0.3, -0.25) is 9.97 Å². The molecule has 0 unspecified atom stereocenters. The fourth-order valence-corrected chi connectivity index (χ4v) is 9.37. The van der Waals surface area contributed by atoms with Crippen molar-refractivity contribution in [3.05, 3.63) is 176 Å². The summed E-state index contributed by atoms with van der Waals surface area (Å²) in [5.74, 6) is 0. The second kappa shape index (κ2) is 13.0. The minimum Gasteiger partial charge on any atom is -0.310 e. The third-order valence-corrected chi connectivity index (χ3v) is 12.2. The maximum Gasteiger partial charge on any atom is 0.124 e. The predicted octanol–water partition coefficient (Wildman–Crippen LogP) is 13.6. The maximum atomic E-state index is 9.70. The molecular weight excluding hydrogens is 711 g/mol. The molecule has 0 bridgehead atoms. The number of pyridine rings is 2. The Morgan fingerprint density at radius 2 is 1.04 bits per heavy atom. The first-order valence-electron chi connectivity index (χ1n) is 18.5. The number of rotatable bonds is 6. The average molecular weight is 741 g/mol. The van der Waals surface area contributed by atoms with Gasteiger partial charge in [-0.2, -0.15) is 0 Å². The number of nitrogens with zero attached hydrogens (tertiary/aromatic N) is 5. The number of hydrogen-bond acceptors (Lipinski definition) is 7. The highest BCUT2D eigenvalue weighted by Crippen LogP contribution is 2.41. The van der Waals surface area contributed by atoms with Crippen LogP contribution in [-0.4, -0.2) is 19.9 Å². The minimum atomic E-state index is 0.446. The molecule has 4 heterocycles. The van der Waals surface area contributed by atoms with Gasteiger partial charge in [-0.25, -0.2) is 9.97 Å². The number of anilines is 3. The van der Waals surface area contributed by atoms with Gasteiger partial charge in [0.05, 0.1) is 32.8 Å². The van der Waals surface area contributed by atoms with Crippen LogP contribution in [0.25, 0.3) is 85.3 Å². The molecule has 258 valence electrons. The van der Waals surface area contributed by atoms with E-state index in [1.165, 1.54) is 9.40 Å². The van der Waals surface area contributed by atoms with Crippen molar-refractivity contribution in [3.63, 3.8) is 0 Å². The molecule has 0 spiro atoms. The van der Waals surface area contributed by atoms with Gasteiger partial charge < -0.3 is 4.90 Å². The predicted molar refractivity (Wildman–Crippen MR) is 232 cm³/mol. The van der Waals surface area contributed by atoms with Crippen LogP contribution in [0, 0.1) is 0 Å². The zero-order chi connectivity index (χ0) is 37.2. The molecule has 0 radical (unpaired) electrons. The van der Waals surface area contributed by atoms with Crippen LogP contribution in [0.5, 0.6) is 0 Å². The maximum absolute atomic E-state index is 9.70. The lowest BCUT2D eigenvalue weighted by Crippen LogP contribution is -2.09. The third kappa shape index (κ3) is 5.60. The lowest BCUT2D eigenvalue weighted by Gasteiger charge is -2.26. The first-order chi connectivity index (χ1) is 27.6. The van der Waals surface area contributed by atoms with Crippen LogP contribution in [0.4, 0.5) is 17.1 Å². The van der Waals surface area contributed by atoms with Crippen molar-refractivity contribution >= 4 is 92.7 Å². The molecule has 5 nitrogen and oxygen atoms in total. The first kappa shape index (κ1) is 30.6. The lowest BCUT2D eigenvalue weighted by molar-refractivity contribution is 1.29. The summed E-state index contributed by atoms with van der Waals surface area (Å²) in [6.07, 6.45) is 3.67. The van der Waals surface area contributed by atoms with Gasteiger partial charge in [0, 0.05) is 56.9 Å². The Kier molecular flexibility index (Phi) is 7.21. The van der Waals surface area contributed by atoms with E-state index in [0.29, 0.717) is 6.04 Å². The molecule has 0 aliphatic carbocycles. The van der Waals surface area contributed by atoms with Crippen molar-refractivity contribution in [1.29, 1.82) is 0 Å². The Balaban J connectivity index is 1.03. The van der Waals surface area contributed by atoms with Gasteiger partial charge in [0.25, 0.3) is 0 Å². The molecular formula is C48H29N5S2. The Labute approximate surface area is 325 Å². The summed E-state index contributed by atoms with van der Waals surface area (Å²) in [6, 6.07) is 54.8. The van der Waals surface area contributed by atoms with E-state index in [1.807, 2.05) is 36.7 Å². The topological polar surface area (TPSA) is 54.8 Å². The molecule has 0 atom stereocenters. The lowest BCUT2D eigenvalue weighted by atomic mass is 9.95. The molecule has 7 heteroatoms. The molecule has 4 aromatic heterocycles. The van der Waals surface area contributed by atoms with Crippen LogP contribution in [0.15, 0.2) is 176 Å². The Morgan fingerprint density at radius 1 is 0.455 bits per heavy atom. The van der Waals surface area contributed by atoms with E-state index in [4.69, 9.17) is 15.0 Å². The summed E-state index contributed by atoms with van der Waals surface area (Å²) in [4.78, 5) is 21.5. The normalized spacial score (nSPS) is 11.9. The van der Waals surface area contributed by atoms with Crippen molar-refractivity contribution in [3.8, 4) is 32.3 Å². The second-order valence-corrected chi connectivity index (χ2v) is 15.5. The van der Waals surface area contributed by atoms with Crippen molar-refractivity contribution < 1.29 is 1.37 Å². The van der Waals surface area contributed by atoms with E-state index in [0.717, 1.165) is 92.9 Å². The van der Waals surface area contributed by atoms with Gasteiger partial charge in [0.1, 0.15) is 10.0 Å². The van der Waals surface area contributed by atoms with Gasteiger partial charge in [-0.05, 0) is 126 Å². The monoisotopic (exact) mass is 740 g/mol. The van der Waals surface area contributed by atoms with Crippen LogP contribution in [0.1, 0.15) is 1.37 Å². The summed E-state index contributed by atoms with van der Waals surface area (Å²) in [5, 5.41) is 5.91. The van der Waals surface area contributed by atoms with Crippen LogP contribution >= 0.6 is 22.7 Å². The SMILES string of the molecule is [2H]c1c(N(c2ccc(-c3nc4ccccc4s3)cc2)c2ccc(-c3nc4ccccc4s3)cc2)ccc2cc(-c3c4cccnc4cc4cccnc34)ccc12. The molecule has 7 aromatic carbocycles. The molecule has 55 heavy (non-hydrogen) atoms. The molecule has 11 rings (SSSR count). The van der Waals surface area contributed by atoms with Crippen molar-refractivity contribution in [2.45, 2.75) is 0 Å². The summed E-state index contributed by atoms with van der Waals surface area (Å²) in [7, 11) is 0. The van der Waals surface area contributed by atoms with E-state index < -0.39 is 0 Å². The van der Waals surface area contributed by atoms with Gasteiger partial charge in [0.15, 0.2) is 0 Å². The zero-order valence-electron chi connectivity index (χ0n) is 30.2. The van der Waals surface area contributed by atoms with Gasteiger partial charge in [0.2, 0.25) is 0 Å². The minimum absolute atomic E-state index is 0.446. The van der Waals surface area contributed by atoms with E-state index in [-0.39, 0.29) is 0 Å². The molecule has 0 aliphatic rings. The highest BCUT2D eigenvalue weighted by atomic mass is 32.1. The van der Waals surface area contributed by atoms with E-state index in [9.17, 15) is 1.37 Å². The molecule has 0 N–H and O–H groups in total. The van der Waals surface area contributed by atoms with Crippen molar-refractivity contribution in [2.75, 3.05) is 4.90 Å². The number of aromatic nitrogens is 4. The highest BCUT2D eigenvalue weighted by Gasteiger charge is 2.17. The fourth-order valence-electron chi connectivity index (χ4n) is 7.43. The number of hydrogen-bond donors (Lipinski definition) is 0. The molecule has 0 aliphatic heterocycles. The second-order valence-electron chi connectivity index (χ2n) is 13.4. The Morgan fingerprint density at radius 3 is 1.71 bits per heavy atom. The van der Waals surface area contributed by atoms with Gasteiger partial charge in [-0.1, -0.05) is 54.6 Å². The highest BCUT2D eigenvalue weighted by molar-refractivity contribution is 7.22. The molecule has 11 aromatic rings. The first-order valence-corrected chi connectivity index (χ1v) is 19.7. The quantitative estimate of drug-likeness (QED) is 0.159. The van der Waals surface area contributed by atoms with Crippen molar-refractivity contribution in [1.82, 2.24) is 19.9 Å². The third-order valence-electron chi connectivity index (χ3n) is 10.1. The number of para-hydroxylation sites is 2. The van der Waals surface area contributed by atoms with Gasteiger partial charge in [-0.15, -0.1) is 22.7 Å². The summed E-state index contributed by atoms with van der Waals surface area (Å²) < 4.78 is 12.0. The van der Waals surface area contributed by atoms with E-state index in [2.05, 4.69) is 143 Å². The van der Waals surface area contributed by atoms with E-state index >= 15 is 0 Å². The number of benzene rings is 7. The molecule has 0 fully saturated rings. The molecule has 0 saturated heterocycles. The summed E-state index contributed by atoms with van der Waals surface area (Å²) >= 11 is 3.39. The average Bonchev–Trinajstić information content (AvgIpc) is 3.89. The fraction of sp³-hybridized carbons (Fsp3) is 0. The van der Waals surface area contributed by atoms with Crippen molar-refractivity contribution in [2.24, 2.45) is 0 Å². The molecule has 0 saturated carbocycles.